The zero-order valence-corrected chi connectivity index (χ0v) is 30.6. The first-order valence-electron chi connectivity index (χ1n) is 15.0. The monoisotopic (exact) mass is 799 g/mol. The van der Waals surface area contributed by atoms with Gasteiger partial charge in [0.25, 0.3) is 5.56 Å². The molecule has 1 saturated heterocycles. The van der Waals surface area contributed by atoms with E-state index in [1.807, 2.05) is 40.3 Å². The summed E-state index contributed by atoms with van der Waals surface area (Å²) >= 11 is 3.12. The Labute approximate surface area is 293 Å². The number of benzene rings is 1. The Morgan fingerprint density at radius 2 is 1.89 bits per heavy atom. The van der Waals surface area contributed by atoms with Gasteiger partial charge < -0.3 is 19.5 Å². The van der Waals surface area contributed by atoms with Gasteiger partial charge in [0.1, 0.15) is 26.9 Å². The Kier molecular flexibility index (Phi) is 12.9. The SMILES string of the molecule is COc1ccc(F)cc1CCn1c(=O)n(C(C)(C)C(=O)N2CC=CC2)c(=O)c2c(C)c(-n3cccn3)sc21.OC1CCOCC1.SI. The van der Waals surface area contributed by atoms with Crippen molar-refractivity contribution in [3.8, 4) is 10.8 Å². The van der Waals surface area contributed by atoms with Crippen LogP contribution in [0.1, 0.15) is 37.8 Å². The molecule has 0 spiro atoms. The molecular weight excluding hydrogens is 760 g/mol. The van der Waals surface area contributed by atoms with Gasteiger partial charge in [0.2, 0.25) is 5.91 Å². The van der Waals surface area contributed by atoms with Crippen molar-refractivity contribution in [2.45, 2.75) is 58.2 Å². The number of aryl methyl sites for hydroxylation is 3. The van der Waals surface area contributed by atoms with E-state index in [9.17, 15) is 18.8 Å². The van der Waals surface area contributed by atoms with Gasteiger partial charge in [0.05, 0.1) is 18.6 Å². The zero-order valence-electron chi connectivity index (χ0n) is 26.7. The number of amides is 1. The zero-order chi connectivity index (χ0) is 34.3. The first kappa shape index (κ1) is 36.8. The second-order valence-corrected chi connectivity index (χ2v) is 12.5. The van der Waals surface area contributed by atoms with Crippen LogP contribution in [-0.4, -0.2) is 74.3 Å². The van der Waals surface area contributed by atoms with E-state index in [1.165, 1.54) is 35.1 Å². The third kappa shape index (κ3) is 8.01. The number of thiol groups is 1. The first-order valence-corrected chi connectivity index (χ1v) is 19.1. The highest BCUT2D eigenvalue weighted by molar-refractivity contribution is 14.2. The van der Waals surface area contributed by atoms with Crippen molar-refractivity contribution in [3.63, 3.8) is 0 Å². The van der Waals surface area contributed by atoms with Crippen LogP contribution in [0.15, 0.2) is 58.4 Å². The number of methoxy groups -OCH3 is 1. The van der Waals surface area contributed by atoms with Gasteiger partial charge in [-0.05, 0) is 91.1 Å². The molecule has 1 aromatic carbocycles. The highest BCUT2D eigenvalue weighted by atomic mass is 127. The molecule has 2 aliphatic heterocycles. The number of ether oxygens (including phenoxy) is 2. The lowest BCUT2D eigenvalue weighted by atomic mass is 10.0. The van der Waals surface area contributed by atoms with Crippen molar-refractivity contribution in [3.05, 3.63) is 86.6 Å². The predicted molar refractivity (Wildman–Crippen MR) is 193 cm³/mol. The maximum atomic E-state index is 14.0. The van der Waals surface area contributed by atoms with E-state index >= 15 is 0 Å². The summed E-state index contributed by atoms with van der Waals surface area (Å²) in [5.41, 5.74) is -1.31. The Morgan fingerprint density at radius 1 is 1.21 bits per heavy atom. The fourth-order valence-electron chi connectivity index (χ4n) is 5.62. The van der Waals surface area contributed by atoms with Crippen molar-refractivity contribution < 1.29 is 23.8 Å². The molecule has 0 unspecified atom stereocenters. The number of aromatic nitrogens is 4. The highest BCUT2D eigenvalue weighted by Crippen LogP contribution is 2.32. The normalized spacial score (nSPS) is 14.9. The van der Waals surface area contributed by atoms with Crippen molar-refractivity contribution >= 4 is 58.5 Å². The summed E-state index contributed by atoms with van der Waals surface area (Å²) in [4.78, 5) is 43.6. The van der Waals surface area contributed by atoms with Gasteiger partial charge in [-0.15, -0.1) is 9.80 Å². The number of carbonyl (C=O) groups excluding carboxylic acids is 1. The quantitative estimate of drug-likeness (QED) is 0.159. The van der Waals surface area contributed by atoms with Crippen LogP contribution in [0.25, 0.3) is 15.2 Å². The van der Waals surface area contributed by atoms with Crippen LogP contribution in [0, 0.1) is 12.7 Å². The van der Waals surface area contributed by atoms with Gasteiger partial charge in [-0.1, -0.05) is 23.5 Å². The van der Waals surface area contributed by atoms with E-state index in [2.05, 4.69) is 14.9 Å². The van der Waals surface area contributed by atoms with Crippen molar-refractivity contribution in [1.29, 1.82) is 0 Å². The lowest BCUT2D eigenvalue weighted by molar-refractivity contribution is -0.138. The Hall–Kier alpha value is -2.99. The Balaban J connectivity index is 0.000000486. The van der Waals surface area contributed by atoms with E-state index < -0.39 is 22.6 Å². The number of nitrogens with zero attached hydrogens (tertiary/aromatic N) is 5. The topological polar surface area (TPSA) is 121 Å². The van der Waals surface area contributed by atoms with Crippen LogP contribution in [0.5, 0.6) is 5.75 Å². The molecule has 0 radical (unpaired) electrons. The average Bonchev–Trinajstić information content (AvgIpc) is 3.85. The molecule has 1 fully saturated rings. The van der Waals surface area contributed by atoms with Crippen LogP contribution in [0.2, 0.25) is 0 Å². The molecule has 0 saturated carbocycles. The molecule has 0 atom stereocenters. The van der Waals surface area contributed by atoms with E-state index in [1.54, 1.807) is 48.0 Å². The van der Waals surface area contributed by atoms with Gasteiger partial charge in [0, 0.05) is 50.8 Å². The number of hydrogen-bond acceptors (Lipinski definition) is 9. The molecule has 15 heteroatoms. The van der Waals surface area contributed by atoms with Crippen molar-refractivity contribution in [1.82, 2.24) is 23.8 Å². The third-order valence-electron chi connectivity index (χ3n) is 8.13. The summed E-state index contributed by atoms with van der Waals surface area (Å²) in [6.07, 6.45) is 8.98. The van der Waals surface area contributed by atoms with Crippen molar-refractivity contribution in [2.24, 2.45) is 0 Å². The average molecular weight is 800 g/mol. The predicted octanol–water partition coefficient (Wildman–Crippen LogP) is 4.67. The molecule has 2 aliphatic rings. The van der Waals surface area contributed by atoms with Crippen LogP contribution in [0.4, 0.5) is 4.39 Å². The standard InChI is InChI=1S/C27H28FN5O4S.C5H10O2.HIS/c1-17-21-22(34)33(27(2,3)25(35)30-12-5-6-13-30)26(36)31(24(21)38-23(17)32-14-7-11-29-32)15-10-18-16-19(28)8-9-20(18)37-4;6-5-1-3-7-4-2-5;1-2/h5-9,11,14,16H,10,12-13,15H2,1-4H3;5-6H,1-4H2;2H. The highest BCUT2D eigenvalue weighted by Gasteiger charge is 2.38. The summed E-state index contributed by atoms with van der Waals surface area (Å²) in [5.74, 6) is -0.234. The second-order valence-electron chi connectivity index (χ2n) is 11.5. The summed E-state index contributed by atoms with van der Waals surface area (Å²) in [6.45, 7) is 7.47. The number of fused-ring (bicyclic) bond motifs is 1. The van der Waals surface area contributed by atoms with E-state index in [0.29, 0.717) is 45.2 Å². The lowest BCUT2D eigenvalue weighted by Crippen LogP contribution is -2.56. The molecule has 1 amide bonds. The molecule has 0 bridgehead atoms. The van der Waals surface area contributed by atoms with Gasteiger partial charge >= 0.3 is 5.69 Å². The van der Waals surface area contributed by atoms with Crippen LogP contribution < -0.4 is 16.0 Å². The summed E-state index contributed by atoms with van der Waals surface area (Å²) in [7, 11) is 5.00. The molecule has 254 valence electrons. The Morgan fingerprint density at radius 3 is 2.47 bits per heavy atom. The summed E-state index contributed by atoms with van der Waals surface area (Å²) in [5, 5.41) is 14.2. The molecule has 4 aromatic rings. The van der Waals surface area contributed by atoms with Gasteiger partial charge in [-0.3, -0.25) is 14.2 Å². The van der Waals surface area contributed by atoms with Crippen LogP contribution in [0.3, 0.4) is 0 Å². The van der Waals surface area contributed by atoms with Gasteiger partial charge in [0.15, 0.2) is 0 Å². The maximum Gasteiger partial charge on any atom is 0.333 e. The molecule has 11 nitrogen and oxygen atoms in total. The number of halogens is 2. The number of thiophene rings is 1. The number of carbonyl (C=O) groups is 1. The molecule has 0 aliphatic carbocycles. The number of rotatable bonds is 7. The maximum absolute atomic E-state index is 14.0. The van der Waals surface area contributed by atoms with Crippen LogP contribution in [-0.2, 0) is 28.0 Å². The molecule has 6 rings (SSSR count). The number of aliphatic hydroxyl groups excluding tert-OH is 1. The fraction of sp³-hybridized carbons (Fsp3) is 0.438. The molecule has 47 heavy (non-hydrogen) atoms. The fourth-order valence-corrected chi connectivity index (χ4v) is 6.88. The third-order valence-corrected chi connectivity index (χ3v) is 9.43. The summed E-state index contributed by atoms with van der Waals surface area (Å²) in [6, 6.07) is 6.01. The minimum absolute atomic E-state index is 0.0891. The summed E-state index contributed by atoms with van der Waals surface area (Å²) < 4.78 is 28.6. The van der Waals surface area contributed by atoms with E-state index in [4.69, 9.17) is 14.6 Å². The minimum atomic E-state index is -1.44. The largest absolute Gasteiger partial charge is 0.496 e. The van der Waals surface area contributed by atoms with Crippen LogP contribution >= 0.6 is 42.3 Å². The first-order chi connectivity index (χ1) is 22.5. The second kappa shape index (κ2) is 16.4. The smallest absolute Gasteiger partial charge is 0.333 e. The van der Waals surface area contributed by atoms with E-state index in [-0.39, 0.29) is 25.0 Å². The molecule has 5 heterocycles. The van der Waals surface area contributed by atoms with Gasteiger partial charge in [-0.2, -0.15) is 5.10 Å². The van der Waals surface area contributed by atoms with Gasteiger partial charge in [-0.25, -0.2) is 18.4 Å². The molecule has 3 aromatic heterocycles. The van der Waals surface area contributed by atoms with E-state index in [0.717, 1.165) is 30.6 Å². The Bertz CT molecular complexity index is 1820. The molecular formula is C32H39FIN5O6S2. The molecule has 1 N–H and O–H groups in total. The minimum Gasteiger partial charge on any atom is -0.496 e. The van der Waals surface area contributed by atoms with Crippen molar-refractivity contribution in [2.75, 3.05) is 33.4 Å². The number of aliphatic hydroxyl groups is 1. The number of hydrogen-bond donors (Lipinski definition) is 2. The lowest BCUT2D eigenvalue weighted by Gasteiger charge is -2.31.